The molecule has 0 radical (unpaired) electrons. The summed E-state index contributed by atoms with van der Waals surface area (Å²) in [5.74, 6) is -4.23. The zero-order valence-corrected chi connectivity index (χ0v) is 32.3. The molecule has 4 fully saturated rings. The highest BCUT2D eigenvalue weighted by Crippen LogP contribution is 2.67. The number of benzene rings is 3. The monoisotopic (exact) mass is 774 g/mol. The minimum Gasteiger partial charge on any atom is -0.461 e. The molecule has 0 aliphatic heterocycles. The molecule has 0 heterocycles. The Hall–Kier alpha value is -4.97. The molecule has 0 bridgehead atoms. The van der Waals surface area contributed by atoms with Gasteiger partial charge in [0, 0.05) is 29.0 Å². The Bertz CT molecular complexity index is 2200. The third-order valence-electron chi connectivity index (χ3n) is 14.2. The van der Waals surface area contributed by atoms with Gasteiger partial charge in [-0.15, -0.1) is 0 Å². The molecule has 1 amide bonds. The van der Waals surface area contributed by atoms with Crippen molar-refractivity contribution >= 4 is 45.9 Å². The number of carbonyl (C=O) groups is 5. The van der Waals surface area contributed by atoms with Crippen LogP contribution in [0.15, 0.2) is 90.5 Å². The number of rotatable bonds is 11. The number of Topliss-reactive ketones (excluding diaryl/α,β-unsaturated/α-hetero) is 1. The van der Waals surface area contributed by atoms with Crippen LogP contribution in [0.1, 0.15) is 69.4 Å². The minimum absolute atomic E-state index is 0.0265. The molecule has 4 saturated carbocycles. The lowest BCUT2D eigenvalue weighted by molar-refractivity contribution is -0.181. The Morgan fingerprint density at radius 1 is 0.947 bits per heavy atom. The van der Waals surface area contributed by atoms with Gasteiger partial charge in [0.1, 0.15) is 12.2 Å². The van der Waals surface area contributed by atoms with E-state index in [1.165, 1.54) is 0 Å². The molecule has 298 valence electrons. The van der Waals surface area contributed by atoms with Gasteiger partial charge in [-0.1, -0.05) is 80.1 Å². The average molecular weight is 775 g/mol. The molecular formula is C46H50N2O9. The molecule has 5 N–H and O–H groups in total. The van der Waals surface area contributed by atoms with Crippen molar-refractivity contribution in [1.82, 2.24) is 0 Å². The highest BCUT2D eigenvalue weighted by atomic mass is 16.5. The Kier molecular flexibility index (Phi) is 10.1. The van der Waals surface area contributed by atoms with Crippen molar-refractivity contribution in [3.8, 4) is 0 Å². The number of amides is 1. The van der Waals surface area contributed by atoms with E-state index < -0.39 is 64.6 Å². The van der Waals surface area contributed by atoms with Gasteiger partial charge < -0.3 is 30.7 Å². The molecule has 0 saturated heterocycles. The van der Waals surface area contributed by atoms with E-state index in [0.29, 0.717) is 17.7 Å². The second kappa shape index (κ2) is 14.8. The summed E-state index contributed by atoms with van der Waals surface area (Å²) in [5, 5.41) is 28.7. The van der Waals surface area contributed by atoms with Gasteiger partial charge in [-0.3, -0.25) is 24.0 Å². The third-order valence-corrected chi connectivity index (χ3v) is 14.2. The van der Waals surface area contributed by atoms with Gasteiger partial charge in [-0.2, -0.15) is 0 Å². The lowest BCUT2D eigenvalue weighted by Gasteiger charge is -2.59. The van der Waals surface area contributed by atoms with Crippen LogP contribution >= 0.6 is 0 Å². The molecule has 8 rings (SSSR count). The van der Waals surface area contributed by atoms with Gasteiger partial charge in [0.15, 0.2) is 12.4 Å². The summed E-state index contributed by atoms with van der Waals surface area (Å²) in [5.41, 5.74) is 5.98. The molecule has 0 spiro atoms. The summed E-state index contributed by atoms with van der Waals surface area (Å²) in [6, 6.07) is 20.7. The number of allylic oxidation sites excluding steroid dienone is 4. The summed E-state index contributed by atoms with van der Waals surface area (Å²) in [6.07, 6.45) is 7.14. The predicted octanol–water partition coefficient (Wildman–Crippen LogP) is 5.32. The van der Waals surface area contributed by atoms with Crippen LogP contribution < -0.4 is 11.1 Å². The Balaban J connectivity index is 0.814. The quantitative estimate of drug-likeness (QED) is 0.186. The number of carbonyl (C=O) groups excluding carboxylic acids is 5. The smallest absolute Gasteiger partial charge is 0.310 e. The van der Waals surface area contributed by atoms with Crippen molar-refractivity contribution in [2.45, 2.75) is 76.6 Å². The minimum atomic E-state index is -1.78. The molecule has 5 aliphatic rings. The maximum absolute atomic E-state index is 13.7. The van der Waals surface area contributed by atoms with Crippen molar-refractivity contribution < 1.29 is 43.7 Å². The Morgan fingerprint density at radius 2 is 1.67 bits per heavy atom. The molecule has 57 heavy (non-hydrogen) atoms. The van der Waals surface area contributed by atoms with Crippen molar-refractivity contribution in [3.63, 3.8) is 0 Å². The highest BCUT2D eigenvalue weighted by molar-refractivity contribution is 6.01. The number of aliphatic hydroxyl groups is 2. The van der Waals surface area contributed by atoms with Crippen LogP contribution in [0.4, 0.5) is 5.69 Å². The summed E-state index contributed by atoms with van der Waals surface area (Å²) >= 11 is 0. The highest BCUT2D eigenvalue weighted by Gasteiger charge is 2.68. The van der Waals surface area contributed by atoms with Gasteiger partial charge in [0.25, 0.3) is 0 Å². The fraction of sp³-hybridized carbons (Fsp3) is 0.457. The first kappa shape index (κ1) is 38.9. The first-order chi connectivity index (χ1) is 27.3. The van der Waals surface area contributed by atoms with Crippen molar-refractivity contribution in [3.05, 3.63) is 102 Å². The average Bonchev–Trinajstić information content (AvgIpc) is 3.96. The molecule has 0 aromatic heterocycles. The molecule has 10 atom stereocenters. The fourth-order valence-electron chi connectivity index (χ4n) is 10.9. The largest absolute Gasteiger partial charge is 0.461 e. The predicted molar refractivity (Wildman–Crippen MR) is 211 cm³/mol. The topological polar surface area (TPSA) is 182 Å². The lowest BCUT2D eigenvalue weighted by atomic mass is 9.46. The molecule has 11 nitrogen and oxygen atoms in total. The first-order valence-corrected chi connectivity index (χ1v) is 20.1. The number of hydrogen-bond acceptors (Lipinski definition) is 10. The number of esters is 2. The van der Waals surface area contributed by atoms with Crippen LogP contribution in [-0.2, 0) is 40.1 Å². The summed E-state index contributed by atoms with van der Waals surface area (Å²) in [4.78, 5) is 64.8. The Morgan fingerprint density at radius 3 is 2.40 bits per heavy atom. The van der Waals surface area contributed by atoms with E-state index in [2.05, 4.69) is 12.2 Å². The van der Waals surface area contributed by atoms with Gasteiger partial charge in [0.05, 0.1) is 23.9 Å². The Labute approximate surface area is 331 Å². The van der Waals surface area contributed by atoms with E-state index in [1.807, 2.05) is 55.5 Å². The lowest BCUT2D eigenvalue weighted by Crippen LogP contribution is -2.61. The standard InChI is InChI=1S/C46H50N2O9/c1-44-17-15-32(49)20-30(44)12-14-33-37-16-18-46(55,45(37,2)22-38(50)40(33)44)39(51)25-57-43(54)35-21-34(35)42(53)56-24-26-7-9-28(10-8-26)36(23-47)41(52)48-31-13-11-27-5-3-4-6-29(27)19-31/h3-11,13,15,17,19-20,33-38,40,50,55H,12,14,16,18,21-25,47H2,1-2H3,(H,48,52)/t33-,34?,35?,36+,37-,38-,40+,44-,45-,46-/m0/s1. The van der Waals surface area contributed by atoms with Crippen molar-refractivity contribution in [2.24, 2.45) is 46.2 Å². The van der Waals surface area contributed by atoms with Crippen LogP contribution in [0.25, 0.3) is 10.8 Å². The van der Waals surface area contributed by atoms with Crippen molar-refractivity contribution in [2.75, 3.05) is 18.5 Å². The zero-order valence-electron chi connectivity index (χ0n) is 32.3. The number of anilines is 1. The summed E-state index contributed by atoms with van der Waals surface area (Å²) in [7, 11) is 0. The third kappa shape index (κ3) is 6.83. The second-order valence-corrected chi connectivity index (χ2v) is 17.3. The van der Waals surface area contributed by atoms with Gasteiger partial charge in [0.2, 0.25) is 11.7 Å². The number of aliphatic hydroxyl groups excluding tert-OH is 1. The number of fused-ring (bicyclic) bond motifs is 6. The second-order valence-electron chi connectivity index (χ2n) is 17.3. The van der Waals surface area contributed by atoms with Crippen molar-refractivity contribution in [1.29, 1.82) is 0 Å². The van der Waals surface area contributed by atoms with E-state index >= 15 is 0 Å². The number of hydrogen-bond donors (Lipinski definition) is 4. The SMILES string of the molecule is C[C@]12C=CC(=O)C=C1CC[C@@H]1[C@@H]2[C@@H](O)C[C@@]2(C)[C@H]1CC[C@]2(O)C(=O)COC(=O)C1CC1C(=O)OCc1ccc([C@@H](CN)C(=O)Nc2ccc3ccccc3c2)cc1. The number of ketones is 2. The molecule has 2 unspecified atom stereocenters. The van der Waals surface area contributed by atoms with Crippen LogP contribution in [0, 0.1) is 40.4 Å². The normalized spacial score (nSPS) is 32.9. The van der Waals surface area contributed by atoms with Gasteiger partial charge in [-0.05, 0) is 96.5 Å². The maximum atomic E-state index is 13.7. The van der Waals surface area contributed by atoms with E-state index in [0.717, 1.165) is 34.8 Å². The number of nitrogens with two attached hydrogens (primary N) is 1. The van der Waals surface area contributed by atoms with E-state index in [1.54, 1.807) is 36.4 Å². The summed E-state index contributed by atoms with van der Waals surface area (Å²) in [6.45, 7) is 3.40. The van der Waals surface area contributed by atoms with E-state index in [4.69, 9.17) is 15.2 Å². The van der Waals surface area contributed by atoms with Gasteiger partial charge in [-0.25, -0.2) is 0 Å². The van der Waals surface area contributed by atoms with E-state index in [-0.39, 0.29) is 61.9 Å². The van der Waals surface area contributed by atoms with Crippen LogP contribution in [0.2, 0.25) is 0 Å². The molecule has 5 aliphatic carbocycles. The molecular weight excluding hydrogens is 725 g/mol. The maximum Gasteiger partial charge on any atom is 0.310 e. The first-order valence-electron chi connectivity index (χ1n) is 20.1. The molecule has 3 aromatic carbocycles. The van der Waals surface area contributed by atoms with Crippen LogP contribution in [0.5, 0.6) is 0 Å². The van der Waals surface area contributed by atoms with E-state index in [9.17, 15) is 34.2 Å². The van der Waals surface area contributed by atoms with Gasteiger partial charge >= 0.3 is 11.9 Å². The summed E-state index contributed by atoms with van der Waals surface area (Å²) < 4.78 is 10.9. The number of ether oxygens (including phenoxy) is 2. The number of nitrogens with one attached hydrogen (secondary N) is 1. The van der Waals surface area contributed by atoms with Crippen LogP contribution in [-0.4, -0.2) is 64.5 Å². The molecule has 11 heteroatoms. The zero-order chi connectivity index (χ0) is 40.3. The molecule has 3 aromatic rings. The van der Waals surface area contributed by atoms with Crippen LogP contribution in [0.3, 0.4) is 0 Å². The fourth-order valence-corrected chi connectivity index (χ4v) is 10.9.